The van der Waals surface area contributed by atoms with E-state index in [1.165, 1.54) is 19.1 Å². The number of rotatable bonds is 15. The van der Waals surface area contributed by atoms with E-state index in [0.29, 0.717) is 25.8 Å². The van der Waals surface area contributed by atoms with E-state index < -0.39 is 48.2 Å². The molecule has 2 unspecified atom stereocenters. The number of aliphatic carboxylic acids is 1. The van der Waals surface area contributed by atoms with Gasteiger partial charge in [0, 0.05) is 20.9 Å². The van der Waals surface area contributed by atoms with Crippen molar-refractivity contribution in [1.29, 1.82) is 0 Å². The maximum absolute atomic E-state index is 12.7. The molecule has 0 spiro atoms. The molecule has 0 fully saturated rings. The third kappa shape index (κ3) is 8.40. The van der Waals surface area contributed by atoms with Crippen LogP contribution in [0.3, 0.4) is 0 Å². The smallest absolute Gasteiger partial charge is 0.344 e. The van der Waals surface area contributed by atoms with Crippen molar-refractivity contribution in [1.82, 2.24) is 0 Å². The van der Waals surface area contributed by atoms with Crippen LogP contribution in [0.2, 0.25) is 0 Å². The monoisotopic (exact) mass is 661 g/mol. The van der Waals surface area contributed by atoms with Crippen molar-refractivity contribution in [3.05, 3.63) is 116 Å². The van der Waals surface area contributed by atoms with Crippen molar-refractivity contribution in [3.8, 4) is 0 Å². The number of carboxylic acids is 1. The molecule has 0 saturated carbocycles. The predicted molar refractivity (Wildman–Crippen MR) is 167 cm³/mol. The lowest BCUT2D eigenvalue weighted by Gasteiger charge is -2.28. The molecule has 0 saturated heterocycles. The lowest BCUT2D eigenvalue weighted by molar-refractivity contribution is -0.313. The SMILES string of the molecule is CC(C(=O)OCC(=O)OCCOC(=O)CC(C)(C(=O)[O-])c1ccc(C(=O)c2ccccc2)s1)c1ccc(C(=O)c2ccccc2)s1. The lowest BCUT2D eigenvalue weighted by Crippen LogP contribution is -2.45. The maximum Gasteiger partial charge on any atom is 0.344 e. The Bertz CT molecular complexity index is 1720. The fraction of sp³-hybridized carbons (Fsp3) is 0.235. The zero-order valence-electron chi connectivity index (χ0n) is 24.9. The van der Waals surface area contributed by atoms with Gasteiger partial charge in [0.2, 0.25) is 11.6 Å². The van der Waals surface area contributed by atoms with Gasteiger partial charge in [-0.05, 0) is 38.1 Å². The number of ketones is 2. The minimum atomic E-state index is -1.77. The maximum atomic E-state index is 12.7. The molecule has 0 aliphatic heterocycles. The van der Waals surface area contributed by atoms with Gasteiger partial charge in [-0.3, -0.25) is 19.2 Å². The fourth-order valence-electron chi connectivity index (χ4n) is 4.25. The Balaban J connectivity index is 1.20. The number of esters is 3. The largest absolute Gasteiger partial charge is 0.549 e. The number of hydrogen-bond donors (Lipinski definition) is 0. The number of benzene rings is 2. The van der Waals surface area contributed by atoms with Gasteiger partial charge in [0.25, 0.3) is 0 Å². The van der Waals surface area contributed by atoms with Crippen molar-refractivity contribution < 1.29 is 48.1 Å². The minimum Gasteiger partial charge on any atom is -0.549 e. The van der Waals surface area contributed by atoms with Gasteiger partial charge < -0.3 is 24.1 Å². The zero-order valence-corrected chi connectivity index (χ0v) is 26.5. The number of carbonyl (C=O) groups excluding carboxylic acids is 6. The summed E-state index contributed by atoms with van der Waals surface area (Å²) in [4.78, 5) is 76.1. The number of hydrogen-bond acceptors (Lipinski definition) is 12. The fourth-order valence-corrected chi connectivity index (χ4v) is 6.36. The van der Waals surface area contributed by atoms with Gasteiger partial charge in [-0.15, -0.1) is 22.7 Å². The summed E-state index contributed by atoms with van der Waals surface area (Å²) in [5.41, 5.74) is -0.796. The molecule has 4 aromatic rings. The van der Waals surface area contributed by atoms with Crippen LogP contribution in [-0.2, 0) is 38.8 Å². The van der Waals surface area contributed by atoms with Crippen molar-refractivity contribution >= 4 is 58.1 Å². The first-order valence-corrected chi connectivity index (χ1v) is 15.7. The average molecular weight is 662 g/mol. The van der Waals surface area contributed by atoms with Crippen LogP contribution in [0.1, 0.15) is 66.4 Å². The number of carboxylic acid groups (broad SMARTS) is 1. The van der Waals surface area contributed by atoms with Crippen molar-refractivity contribution in [2.45, 2.75) is 31.6 Å². The highest BCUT2D eigenvalue weighted by atomic mass is 32.1. The Hall–Kier alpha value is -4.94. The van der Waals surface area contributed by atoms with Crippen LogP contribution in [0.15, 0.2) is 84.9 Å². The summed E-state index contributed by atoms with van der Waals surface area (Å²) in [6, 6.07) is 23.5. The molecule has 4 rings (SSSR count). The zero-order chi connectivity index (χ0) is 33.3. The summed E-state index contributed by atoms with van der Waals surface area (Å²) in [7, 11) is 0. The summed E-state index contributed by atoms with van der Waals surface area (Å²) >= 11 is 2.11. The van der Waals surface area contributed by atoms with E-state index >= 15 is 0 Å². The van der Waals surface area contributed by atoms with E-state index in [9.17, 15) is 33.9 Å². The second-order valence-corrected chi connectivity index (χ2v) is 12.5. The van der Waals surface area contributed by atoms with Crippen molar-refractivity contribution in [3.63, 3.8) is 0 Å². The number of carbonyl (C=O) groups is 6. The quantitative estimate of drug-likeness (QED) is 0.0788. The van der Waals surface area contributed by atoms with Gasteiger partial charge in [-0.2, -0.15) is 0 Å². The number of ether oxygens (including phenoxy) is 3. The second-order valence-electron chi connectivity index (χ2n) is 10.3. The van der Waals surface area contributed by atoms with Gasteiger partial charge in [0.05, 0.1) is 33.5 Å². The van der Waals surface area contributed by atoms with E-state index in [-0.39, 0.29) is 29.7 Å². The Morgan fingerprint density at radius 2 is 1.22 bits per heavy atom. The molecule has 2 aromatic carbocycles. The molecule has 10 nitrogen and oxygen atoms in total. The van der Waals surface area contributed by atoms with Crippen LogP contribution in [0.25, 0.3) is 0 Å². The Labute approximate surface area is 272 Å². The molecule has 46 heavy (non-hydrogen) atoms. The molecule has 0 bridgehead atoms. The van der Waals surface area contributed by atoms with E-state index in [2.05, 4.69) is 0 Å². The summed E-state index contributed by atoms with van der Waals surface area (Å²) in [6.07, 6.45) is -0.584. The Morgan fingerprint density at radius 1 is 0.696 bits per heavy atom. The first kappa shape index (κ1) is 33.9. The van der Waals surface area contributed by atoms with E-state index in [4.69, 9.17) is 14.2 Å². The third-order valence-corrected chi connectivity index (χ3v) is 9.58. The summed E-state index contributed by atoms with van der Waals surface area (Å²) < 4.78 is 15.0. The minimum absolute atomic E-state index is 0.165. The first-order chi connectivity index (χ1) is 22.0. The van der Waals surface area contributed by atoms with Crippen molar-refractivity contribution in [2.75, 3.05) is 19.8 Å². The van der Waals surface area contributed by atoms with Gasteiger partial charge in [0.1, 0.15) is 13.2 Å². The van der Waals surface area contributed by atoms with E-state index in [1.54, 1.807) is 73.7 Å². The summed E-state index contributed by atoms with van der Waals surface area (Å²) in [5.74, 6) is -5.14. The van der Waals surface area contributed by atoms with Crippen LogP contribution < -0.4 is 5.11 Å². The molecule has 0 amide bonds. The van der Waals surface area contributed by atoms with Gasteiger partial charge in [-0.1, -0.05) is 60.7 Å². The molecule has 2 aromatic heterocycles. The molecule has 12 heteroatoms. The first-order valence-electron chi connectivity index (χ1n) is 14.1. The van der Waals surface area contributed by atoms with E-state index in [1.807, 2.05) is 6.07 Å². The topological polar surface area (TPSA) is 153 Å². The molecular weight excluding hydrogens is 632 g/mol. The van der Waals surface area contributed by atoms with Gasteiger partial charge >= 0.3 is 17.9 Å². The molecule has 0 radical (unpaired) electrons. The molecule has 2 atom stereocenters. The van der Waals surface area contributed by atoms with Crippen LogP contribution in [0.4, 0.5) is 0 Å². The van der Waals surface area contributed by atoms with Crippen LogP contribution >= 0.6 is 22.7 Å². The van der Waals surface area contributed by atoms with Crippen molar-refractivity contribution in [2.24, 2.45) is 0 Å². The van der Waals surface area contributed by atoms with Crippen LogP contribution in [0, 0.1) is 0 Å². The Morgan fingerprint density at radius 3 is 1.78 bits per heavy atom. The van der Waals surface area contributed by atoms with Crippen LogP contribution in [-0.4, -0.2) is 55.3 Å². The second kappa shape index (κ2) is 15.4. The molecule has 0 aliphatic carbocycles. The molecular formula is C34H29O10S2-. The number of thiophene rings is 2. The van der Waals surface area contributed by atoms with Gasteiger partial charge in [-0.25, -0.2) is 4.79 Å². The molecule has 2 heterocycles. The molecule has 238 valence electrons. The summed E-state index contributed by atoms with van der Waals surface area (Å²) in [6.45, 7) is 1.50. The predicted octanol–water partition coefficient (Wildman–Crippen LogP) is 4.10. The summed E-state index contributed by atoms with van der Waals surface area (Å²) in [5, 5.41) is 12.1. The van der Waals surface area contributed by atoms with Gasteiger partial charge in [0.15, 0.2) is 6.61 Å². The molecule has 0 aliphatic rings. The normalized spacial score (nSPS) is 12.7. The molecule has 0 N–H and O–H groups in total. The highest BCUT2D eigenvalue weighted by Crippen LogP contribution is 2.34. The third-order valence-electron chi connectivity index (χ3n) is 6.97. The highest BCUT2D eigenvalue weighted by molar-refractivity contribution is 7.14. The standard InChI is InChI=1S/C34H30O10S2/c1-21(24-13-14-25(45-24)30(37)22-9-5-3-6-10-22)32(39)44-20-29(36)43-18-17-42-28(35)19-34(2,33(40)41)27-16-15-26(46-27)31(38)23-11-7-4-8-12-23/h3-16,21H,17-20H2,1-2H3,(H,40,41)/p-1. The van der Waals surface area contributed by atoms with E-state index in [0.717, 1.165) is 22.7 Å². The van der Waals surface area contributed by atoms with Crippen LogP contribution in [0.5, 0.6) is 0 Å². The lowest BCUT2D eigenvalue weighted by atomic mass is 9.85. The average Bonchev–Trinajstić information content (AvgIpc) is 3.77. The Kier molecular flexibility index (Phi) is 11.3. The highest BCUT2D eigenvalue weighted by Gasteiger charge is 2.34.